The molecule has 1 aliphatic heterocycles. The second kappa shape index (κ2) is 14.9. The molecule has 0 spiro atoms. The van der Waals surface area contributed by atoms with E-state index in [1.807, 2.05) is 0 Å². The van der Waals surface area contributed by atoms with Crippen LogP contribution in [0.3, 0.4) is 0 Å². The summed E-state index contributed by atoms with van der Waals surface area (Å²) in [5.41, 5.74) is 0.986. The Hall–Kier alpha value is -5.32. The monoisotopic (exact) mass is 610 g/mol. The number of hydrogen-bond acceptors (Lipinski definition) is 9. The predicted octanol–water partition coefficient (Wildman–Crippen LogP) is 2.83. The summed E-state index contributed by atoms with van der Waals surface area (Å²) < 4.78 is 23.4. The van der Waals surface area contributed by atoms with Gasteiger partial charge in [-0.1, -0.05) is 72.8 Å². The molecule has 10 heteroatoms. The topological polar surface area (TPSA) is 142 Å². The molecule has 1 fully saturated rings. The maximum absolute atomic E-state index is 13.4. The lowest BCUT2D eigenvalue weighted by atomic mass is 9.89. The van der Waals surface area contributed by atoms with E-state index in [2.05, 4.69) is 0 Å². The van der Waals surface area contributed by atoms with Crippen LogP contribution in [0.4, 0.5) is 0 Å². The van der Waals surface area contributed by atoms with Crippen LogP contribution >= 0.6 is 0 Å². The highest BCUT2D eigenvalue weighted by atomic mass is 16.6. The lowest BCUT2D eigenvalue weighted by molar-refractivity contribution is -0.748. The van der Waals surface area contributed by atoms with Gasteiger partial charge in [-0.25, -0.2) is 19.2 Å². The molecule has 0 unspecified atom stereocenters. The minimum Gasteiger partial charge on any atom is -0.456 e. The summed E-state index contributed by atoms with van der Waals surface area (Å²) in [5.74, 6) is -2.84. The Bertz CT molecular complexity index is 1580. The van der Waals surface area contributed by atoms with Crippen LogP contribution < -0.4 is 5.32 Å². The number of aliphatic hydroxyl groups is 1. The van der Waals surface area contributed by atoms with E-state index in [-0.39, 0.29) is 23.3 Å². The van der Waals surface area contributed by atoms with Gasteiger partial charge in [0.05, 0.1) is 28.9 Å². The zero-order chi connectivity index (χ0) is 31.6. The second-order valence-electron chi connectivity index (χ2n) is 10.4. The Morgan fingerprint density at radius 3 is 1.20 bits per heavy atom. The molecule has 45 heavy (non-hydrogen) atoms. The van der Waals surface area contributed by atoms with E-state index in [9.17, 15) is 24.3 Å². The molecule has 3 N–H and O–H groups in total. The average Bonchev–Trinajstić information content (AvgIpc) is 3.10. The summed E-state index contributed by atoms with van der Waals surface area (Å²) in [5, 5.41) is 12.1. The summed E-state index contributed by atoms with van der Waals surface area (Å²) in [6.07, 6.45) is -3.92. The SMILES string of the molecule is O=C(OC[C@H]1[NH2+][C@H](CO)[C@H](OC(=O)c2ccccc2)[C@@H](OC(=O)c2ccccc2)[C@@H]1OC(=O)c1ccccc1)c1ccccc1. The van der Waals surface area contributed by atoms with Gasteiger partial charge in [0.15, 0.2) is 30.4 Å². The number of piperidine rings is 1. The summed E-state index contributed by atoms with van der Waals surface area (Å²) in [6.45, 7) is -0.787. The number of benzene rings is 4. The lowest BCUT2D eigenvalue weighted by Gasteiger charge is -2.42. The molecule has 0 aliphatic carbocycles. The third kappa shape index (κ3) is 7.80. The Labute approximate surface area is 259 Å². The van der Waals surface area contributed by atoms with E-state index in [1.165, 1.54) is 0 Å². The Balaban J connectivity index is 1.50. The fourth-order valence-electron chi connectivity index (χ4n) is 5.10. The van der Waals surface area contributed by atoms with Gasteiger partial charge in [0, 0.05) is 0 Å². The van der Waals surface area contributed by atoms with Crippen molar-refractivity contribution < 1.29 is 48.5 Å². The quantitative estimate of drug-likeness (QED) is 0.205. The number of aliphatic hydroxyl groups excluding tert-OH is 1. The molecule has 1 aliphatic rings. The van der Waals surface area contributed by atoms with Crippen molar-refractivity contribution in [3.8, 4) is 0 Å². The molecule has 0 amide bonds. The molecule has 0 aromatic heterocycles. The number of esters is 4. The Kier molecular flexibility index (Phi) is 10.3. The zero-order valence-corrected chi connectivity index (χ0v) is 24.1. The second-order valence-corrected chi connectivity index (χ2v) is 10.4. The Morgan fingerprint density at radius 1 is 0.489 bits per heavy atom. The molecule has 230 valence electrons. The van der Waals surface area contributed by atoms with E-state index < -0.39 is 60.9 Å². The maximum atomic E-state index is 13.4. The number of carbonyl (C=O) groups is 4. The van der Waals surface area contributed by atoms with Crippen LogP contribution in [-0.4, -0.2) is 72.6 Å². The van der Waals surface area contributed by atoms with Gasteiger partial charge in [-0.15, -0.1) is 0 Å². The highest BCUT2D eigenvalue weighted by Crippen LogP contribution is 2.25. The minimum absolute atomic E-state index is 0.209. The first-order valence-electron chi connectivity index (χ1n) is 14.4. The van der Waals surface area contributed by atoms with Crippen molar-refractivity contribution in [3.05, 3.63) is 144 Å². The molecule has 5 rings (SSSR count). The fraction of sp³-hybridized carbons (Fsp3) is 0.200. The van der Waals surface area contributed by atoms with Crippen LogP contribution in [-0.2, 0) is 18.9 Å². The maximum Gasteiger partial charge on any atom is 0.338 e. The van der Waals surface area contributed by atoms with Crippen molar-refractivity contribution >= 4 is 23.9 Å². The van der Waals surface area contributed by atoms with Gasteiger partial charge < -0.3 is 29.4 Å². The lowest BCUT2D eigenvalue weighted by Crippen LogP contribution is -3.05. The van der Waals surface area contributed by atoms with Crippen molar-refractivity contribution in [3.63, 3.8) is 0 Å². The van der Waals surface area contributed by atoms with Crippen molar-refractivity contribution in [2.75, 3.05) is 13.2 Å². The van der Waals surface area contributed by atoms with Gasteiger partial charge in [0.2, 0.25) is 0 Å². The van der Waals surface area contributed by atoms with Crippen molar-refractivity contribution in [1.82, 2.24) is 0 Å². The molecule has 1 heterocycles. The average molecular weight is 611 g/mol. The largest absolute Gasteiger partial charge is 0.456 e. The molecule has 5 atom stereocenters. The molecule has 10 nitrogen and oxygen atoms in total. The molecule has 4 aromatic carbocycles. The minimum atomic E-state index is -1.39. The molecular weight excluding hydrogens is 578 g/mol. The van der Waals surface area contributed by atoms with Gasteiger partial charge in [0.25, 0.3) is 0 Å². The third-order valence-electron chi connectivity index (χ3n) is 7.37. The zero-order valence-electron chi connectivity index (χ0n) is 24.1. The standard InChI is InChI=1S/C35H31NO9/c37-21-27-29(43-33(39)24-15-7-2-8-16-24)31(45-35(41)26-19-11-4-12-20-26)30(44-34(40)25-17-9-3-10-18-25)28(36-27)22-42-32(38)23-13-5-1-6-14-23/h1-20,27-31,36-37H,21-22H2/p+1/t27-,28-,29+,30-,31-/m1/s1. The van der Waals surface area contributed by atoms with Gasteiger partial charge in [0.1, 0.15) is 6.61 Å². The number of hydrogen-bond donors (Lipinski definition) is 2. The number of rotatable bonds is 10. The van der Waals surface area contributed by atoms with Crippen molar-refractivity contribution in [2.24, 2.45) is 0 Å². The number of carbonyl (C=O) groups excluding carboxylic acids is 4. The first kappa shape index (κ1) is 31.1. The van der Waals surface area contributed by atoms with Gasteiger partial charge >= 0.3 is 23.9 Å². The van der Waals surface area contributed by atoms with E-state index in [0.717, 1.165) is 0 Å². The van der Waals surface area contributed by atoms with E-state index >= 15 is 0 Å². The van der Waals surface area contributed by atoms with Crippen LogP contribution in [0.5, 0.6) is 0 Å². The van der Waals surface area contributed by atoms with Gasteiger partial charge in [-0.2, -0.15) is 0 Å². The predicted molar refractivity (Wildman–Crippen MR) is 160 cm³/mol. The van der Waals surface area contributed by atoms with E-state index in [4.69, 9.17) is 18.9 Å². The number of quaternary nitrogens is 1. The molecule has 4 aromatic rings. The normalized spacial score (nSPS) is 20.8. The summed E-state index contributed by atoms with van der Waals surface area (Å²) >= 11 is 0. The van der Waals surface area contributed by atoms with Crippen molar-refractivity contribution in [2.45, 2.75) is 30.4 Å². The molecular formula is C35H32NO9+. The number of ether oxygens (including phenoxy) is 4. The van der Waals surface area contributed by atoms with Crippen LogP contribution in [0.1, 0.15) is 41.4 Å². The van der Waals surface area contributed by atoms with Crippen molar-refractivity contribution in [1.29, 1.82) is 0 Å². The van der Waals surface area contributed by atoms with Crippen LogP contribution in [0.15, 0.2) is 121 Å². The van der Waals surface area contributed by atoms with Crippen LogP contribution in [0.2, 0.25) is 0 Å². The fourth-order valence-corrected chi connectivity index (χ4v) is 5.10. The summed E-state index contributed by atoms with van der Waals surface area (Å²) in [6, 6.07) is 31.2. The molecule has 0 bridgehead atoms. The smallest absolute Gasteiger partial charge is 0.338 e. The van der Waals surface area contributed by atoms with Crippen LogP contribution in [0.25, 0.3) is 0 Å². The van der Waals surface area contributed by atoms with E-state index in [0.29, 0.717) is 5.56 Å². The molecule has 1 saturated heterocycles. The molecule has 0 saturated carbocycles. The first-order chi connectivity index (χ1) is 21.9. The number of nitrogens with two attached hydrogens (primary N) is 1. The highest BCUT2D eigenvalue weighted by molar-refractivity contribution is 5.91. The summed E-state index contributed by atoms with van der Waals surface area (Å²) in [4.78, 5) is 52.9. The first-order valence-corrected chi connectivity index (χ1v) is 14.4. The van der Waals surface area contributed by atoms with E-state index in [1.54, 1.807) is 127 Å². The highest BCUT2D eigenvalue weighted by Gasteiger charge is 2.54. The van der Waals surface area contributed by atoms with Gasteiger partial charge in [-0.05, 0) is 48.5 Å². The third-order valence-corrected chi connectivity index (χ3v) is 7.37. The van der Waals surface area contributed by atoms with Gasteiger partial charge in [-0.3, -0.25) is 0 Å². The molecule has 0 radical (unpaired) electrons. The van der Waals surface area contributed by atoms with Crippen LogP contribution in [0, 0.1) is 0 Å². The Morgan fingerprint density at radius 2 is 0.822 bits per heavy atom. The summed E-state index contributed by atoms with van der Waals surface area (Å²) in [7, 11) is 0.